The zero-order chi connectivity index (χ0) is 17.2. The molecule has 0 radical (unpaired) electrons. The summed E-state index contributed by atoms with van der Waals surface area (Å²) in [6.07, 6.45) is 4.30. The van der Waals surface area contributed by atoms with E-state index in [9.17, 15) is 4.79 Å². The zero-order valence-electron chi connectivity index (χ0n) is 13.9. The van der Waals surface area contributed by atoms with Crippen LogP contribution in [0.1, 0.15) is 25.7 Å². The van der Waals surface area contributed by atoms with Gasteiger partial charge in [-0.1, -0.05) is 36.4 Å². The van der Waals surface area contributed by atoms with Gasteiger partial charge in [0.2, 0.25) is 5.91 Å². The molecule has 4 atom stereocenters. The highest BCUT2D eigenvalue weighted by atomic mass is 35.5. The molecular weight excluding hydrogens is 353 g/mol. The third-order valence-corrected chi connectivity index (χ3v) is 7.79. The van der Waals surface area contributed by atoms with Gasteiger partial charge in [-0.05, 0) is 60.8 Å². The fourth-order valence-corrected chi connectivity index (χ4v) is 6.08. The maximum Gasteiger partial charge on any atom is 0.228 e. The highest BCUT2D eigenvalue weighted by Crippen LogP contribution is 2.67. The van der Waals surface area contributed by atoms with Crippen molar-refractivity contribution in [2.45, 2.75) is 30.0 Å². The van der Waals surface area contributed by atoms with Gasteiger partial charge in [0.25, 0.3) is 0 Å². The number of hydrogen-bond acceptors (Lipinski definition) is 1. The lowest BCUT2D eigenvalue weighted by Gasteiger charge is -2.09. The van der Waals surface area contributed by atoms with Crippen molar-refractivity contribution < 1.29 is 4.79 Å². The van der Waals surface area contributed by atoms with Crippen molar-refractivity contribution >= 4 is 45.6 Å². The van der Waals surface area contributed by atoms with Gasteiger partial charge < -0.3 is 5.32 Å². The third-order valence-electron chi connectivity index (χ3n) is 6.67. The number of rotatable bonds is 2. The van der Waals surface area contributed by atoms with Gasteiger partial charge in [-0.2, -0.15) is 0 Å². The number of benzene rings is 2. The summed E-state index contributed by atoms with van der Waals surface area (Å²) in [6.45, 7) is 0. The molecule has 3 aliphatic rings. The Morgan fingerprint density at radius 3 is 2.28 bits per heavy atom. The van der Waals surface area contributed by atoms with Crippen LogP contribution in [0.3, 0.4) is 0 Å². The first-order chi connectivity index (χ1) is 12.1. The van der Waals surface area contributed by atoms with Crippen LogP contribution >= 0.6 is 23.2 Å². The zero-order valence-corrected chi connectivity index (χ0v) is 15.4. The van der Waals surface area contributed by atoms with Crippen molar-refractivity contribution in [3.05, 3.63) is 42.5 Å². The summed E-state index contributed by atoms with van der Waals surface area (Å²) >= 11 is 12.7. The molecule has 1 N–H and O–H groups in total. The second kappa shape index (κ2) is 5.62. The predicted octanol–water partition coefficient (Wildman–Crippen LogP) is 5.63. The Morgan fingerprint density at radius 2 is 1.56 bits per heavy atom. The number of hydrogen-bond donors (Lipinski definition) is 1. The average molecular weight is 374 g/mol. The Labute approximate surface area is 157 Å². The number of anilines is 1. The second-order valence-corrected chi connectivity index (χ2v) is 9.36. The molecule has 3 aliphatic carbocycles. The summed E-state index contributed by atoms with van der Waals surface area (Å²) < 4.78 is -0.489. The topological polar surface area (TPSA) is 29.1 Å². The van der Waals surface area contributed by atoms with Crippen molar-refractivity contribution in [1.29, 1.82) is 0 Å². The van der Waals surface area contributed by atoms with E-state index >= 15 is 0 Å². The molecular formula is C21H21Cl2NO. The van der Waals surface area contributed by atoms with E-state index in [0.29, 0.717) is 23.7 Å². The van der Waals surface area contributed by atoms with Gasteiger partial charge in [0, 0.05) is 17.0 Å². The first kappa shape index (κ1) is 16.0. The van der Waals surface area contributed by atoms with Gasteiger partial charge in [0.1, 0.15) is 4.33 Å². The molecule has 2 aromatic carbocycles. The maximum absolute atomic E-state index is 12.9. The minimum Gasteiger partial charge on any atom is -0.325 e. The number of carbonyl (C=O) groups excluding carboxylic acids is 1. The monoisotopic (exact) mass is 373 g/mol. The molecule has 0 bridgehead atoms. The lowest BCUT2D eigenvalue weighted by atomic mass is 10.0. The van der Waals surface area contributed by atoms with Gasteiger partial charge in [-0.15, -0.1) is 23.2 Å². The molecule has 0 heterocycles. The van der Waals surface area contributed by atoms with Crippen LogP contribution in [0.4, 0.5) is 5.69 Å². The first-order valence-corrected chi connectivity index (χ1v) is 9.99. The summed E-state index contributed by atoms with van der Waals surface area (Å²) in [5.41, 5.74) is 0.922. The van der Waals surface area contributed by atoms with E-state index in [1.54, 1.807) is 0 Å². The van der Waals surface area contributed by atoms with Crippen LogP contribution in [-0.4, -0.2) is 10.2 Å². The van der Waals surface area contributed by atoms with E-state index in [2.05, 4.69) is 23.5 Å². The number of nitrogens with one attached hydrogen (secondary N) is 1. The fraction of sp³-hybridized carbons (Fsp3) is 0.476. The molecule has 0 saturated heterocycles. The number of fused-ring (bicyclic) bond motifs is 3. The summed E-state index contributed by atoms with van der Waals surface area (Å²) in [7, 11) is 0. The summed E-state index contributed by atoms with van der Waals surface area (Å²) in [5.74, 6) is 2.26. The Bertz CT molecular complexity index is 821. The van der Waals surface area contributed by atoms with Crippen LogP contribution in [0.2, 0.25) is 0 Å². The average Bonchev–Trinajstić information content (AvgIpc) is 3.40. The van der Waals surface area contributed by atoms with E-state index in [-0.39, 0.29) is 11.8 Å². The standard InChI is InChI=1S/C21H21Cl2NO/c22-21(23)16-10-8-14-15(9-11-17(16)21)19(14)20(25)24-18-7-3-5-12-4-1-2-6-13(12)18/h1-7,14-17,19H,8-11H2,(H,24,25). The van der Waals surface area contributed by atoms with Crippen molar-refractivity contribution in [1.82, 2.24) is 0 Å². The molecule has 4 heteroatoms. The number of amides is 1. The Kier molecular flexibility index (Phi) is 3.59. The summed E-state index contributed by atoms with van der Waals surface area (Å²) in [5, 5.41) is 5.45. The van der Waals surface area contributed by atoms with Crippen molar-refractivity contribution in [3.8, 4) is 0 Å². The van der Waals surface area contributed by atoms with E-state index in [4.69, 9.17) is 23.2 Å². The van der Waals surface area contributed by atoms with Gasteiger partial charge in [0.05, 0.1) is 0 Å². The highest BCUT2D eigenvalue weighted by molar-refractivity contribution is 6.51. The molecule has 2 nitrogen and oxygen atoms in total. The van der Waals surface area contributed by atoms with Gasteiger partial charge >= 0.3 is 0 Å². The Morgan fingerprint density at radius 1 is 0.920 bits per heavy atom. The Balaban J connectivity index is 1.30. The van der Waals surface area contributed by atoms with E-state index in [0.717, 1.165) is 42.1 Å². The van der Waals surface area contributed by atoms with E-state index < -0.39 is 4.33 Å². The van der Waals surface area contributed by atoms with Crippen molar-refractivity contribution in [2.75, 3.05) is 5.32 Å². The number of alkyl halides is 2. The van der Waals surface area contributed by atoms with Crippen LogP contribution in [0.5, 0.6) is 0 Å². The van der Waals surface area contributed by atoms with Crippen LogP contribution in [0.25, 0.3) is 10.8 Å². The van der Waals surface area contributed by atoms with Crippen molar-refractivity contribution in [3.63, 3.8) is 0 Å². The van der Waals surface area contributed by atoms with Gasteiger partial charge in [-0.3, -0.25) is 4.79 Å². The molecule has 3 fully saturated rings. The van der Waals surface area contributed by atoms with Crippen LogP contribution in [-0.2, 0) is 4.79 Å². The smallest absolute Gasteiger partial charge is 0.228 e. The molecule has 4 unspecified atom stereocenters. The molecule has 2 aromatic rings. The summed E-state index contributed by atoms with van der Waals surface area (Å²) in [6, 6.07) is 14.3. The van der Waals surface area contributed by atoms with Crippen molar-refractivity contribution in [2.24, 2.45) is 29.6 Å². The van der Waals surface area contributed by atoms with Crippen LogP contribution in [0.15, 0.2) is 42.5 Å². The number of halogens is 2. The summed E-state index contributed by atoms with van der Waals surface area (Å²) in [4.78, 5) is 12.9. The van der Waals surface area contributed by atoms with E-state index in [1.807, 2.05) is 24.3 Å². The second-order valence-electron chi connectivity index (χ2n) is 7.91. The third kappa shape index (κ3) is 2.57. The molecule has 5 rings (SSSR count). The van der Waals surface area contributed by atoms with Gasteiger partial charge in [0.15, 0.2) is 0 Å². The molecule has 3 saturated carbocycles. The lowest BCUT2D eigenvalue weighted by molar-refractivity contribution is -0.117. The molecule has 0 aromatic heterocycles. The predicted molar refractivity (Wildman–Crippen MR) is 103 cm³/mol. The SMILES string of the molecule is O=C(Nc1cccc2ccccc12)C1C2CCC3C(CCC21)C3(Cl)Cl. The quantitative estimate of drug-likeness (QED) is 0.678. The first-order valence-electron chi connectivity index (χ1n) is 9.24. The maximum atomic E-state index is 12.9. The minimum atomic E-state index is -0.489. The lowest BCUT2D eigenvalue weighted by Crippen LogP contribution is -2.16. The van der Waals surface area contributed by atoms with Crippen LogP contribution < -0.4 is 5.32 Å². The molecule has 0 spiro atoms. The molecule has 0 aliphatic heterocycles. The molecule has 130 valence electrons. The Hall–Kier alpha value is -1.25. The number of carbonyl (C=O) groups is 1. The van der Waals surface area contributed by atoms with Gasteiger partial charge in [-0.25, -0.2) is 0 Å². The fourth-order valence-electron chi connectivity index (χ4n) is 5.16. The molecule has 1 amide bonds. The highest BCUT2D eigenvalue weighted by Gasteiger charge is 2.65. The van der Waals surface area contributed by atoms with E-state index in [1.165, 1.54) is 0 Å². The normalized spacial score (nSPS) is 35.0. The largest absolute Gasteiger partial charge is 0.325 e. The minimum absolute atomic E-state index is 0.163. The molecule has 25 heavy (non-hydrogen) atoms. The van der Waals surface area contributed by atoms with Crippen LogP contribution in [0, 0.1) is 29.6 Å².